The fourth-order valence-electron chi connectivity index (χ4n) is 2.79. The number of rotatable bonds is 5. The minimum atomic E-state index is -0.390. The lowest BCUT2D eigenvalue weighted by atomic mass is 10.1. The first-order chi connectivity index (χ1) is 12.2. The van der Waals surface area contributed by atoms with Gasteiger partial charge in [0.15, 0.2) is 5.78 Å². The molecule has 1 heterocycles. The third kappa shape index (κ3) is 4.06. The van der Waals surface area contributed by atoms with Crippen molar-refractivity contribution in [3.8, 4) is 5.75 Å². The molecular weight excluding hydrogens is 321 g/mol. The van der Waals surface area contributed by atoms with Crippen LogP contribution in [-0.4, -0.2) is 39.2 Å². The summed E-state index contributed by atoms with van der Waals surface area (Å²) < 4.78 is 24.9. The van der Waals surface area contributed by atoms with E-state index in [1.54, 1.807) is 25.3 Å². The van der Waals surface area contributed by atoms with Crippen molar-refractivity contribution in [3.63, 3.8) is 0 Å². The molecule has 4 nitrogen and oxygen atoms in total. The normalized spacial score (nSPS) is 14.7. The molecule has 0 saturated carbocycles. The van der Waals surface area contributed by atoms with Crippen LogP contribution in [0.1, 0.15) is 15.9 Å². The quantitative estimate of drug-likeness (QED) is 0.616. The van der Waals surface area contributed by atoms with Crippen LogP contribution >= 0.6 is 0 Å². The van der Waals surface area contributed by atoms with Gasteiger partial charge in [0.2, 0.25) is 0 Å². The first-order valence-corrected chi connectivity index (χ1v) is 8.16. The molecule has 0 atom stereocenters. The highest BCUT2D eigenvalue weighted by atomic mass is 19.1. The lowest BCUT2D eigenvalue weighted by Crippen LogP contribution is -2.36. The molecule has 25 heavy (non-hydrogen) atoms. The number of hydrogen-bond donors (Lipinski definition) is 0. The summed E-state index contributed by atoms with van der Waals surface area (Å²) in [6, 6.07) is 12.0. The number of nitrogens with zero attached hydrogens (tertiary/aromatic N) is 1. The molecule has 0 radical (unpaired) electrons. The van der Waals surface area contributed by atoms with Crippen molar-refractivity contribution in [2.24, 2.45) is 0 Å². The Labute approximate surface area is 146 Å². The fraction of sp³-hybridized carbons (Fsp3) is 0.250. The molecule has 1 saturated heterocycles. The van der Waals surface area contributed by atoms with Crippen molar-refractivity contribution in [1.29, 1.82) is 0 Å². The van der Waals surface area contributed by atoms with E-state index in [0.29, 0.717) is 43.3 Å². The van der Waals surface area contributed by atoms with E-state index < -0.39 is 5.82 Å². The lowest BCUT2D eigenvalue weighted by molar-refractivity contribution is 0.104. The summed E-state index contributed by atoms with van der Waals surface area (Å²) in [6.45, 7) is 2.47. The molecule has 0 amide bonds. The van der Waals surface area contributed by atoms with Crippen molar-refractivity contribution in [3.05, 3.63) is 65.5 Å². The topological polar surface area (TPSA) is 38.8 Å². The minimum absolute atomic E-state index is 0.252. The summed E-state index contributed by atoms with van der Waals surface area (Å²) in [4.78, 5) is 14.3. The second kappa shape index (κ2) is 7.94. The van der Waals surface area contributed by atoms with Crippen LogP contribution in [0.5, 0.6) is 5.75 Å². The number of allylic oxidation sites excluding steroid dienone is 1. The van der Waals surface area contributed by atoms with Crippen LogP contribution in [0.4, 0.5) is 10.1 Å². The number of ether oxygens (including phenoxy) is 2. The van der Waals surface area contributed by atoms with Crippen molar-refractivity contribution in [2.45, 2.75) is 0 Å². The molecule has 1 aliphatic heterocycles. The summed E-state index contributed by atoms with van der Waals surface area (Å²) in [7, 11) is 1.58. The summed E-state index contributed by atoms with van der Waals surface area (Å²) in [5, 5.41) is 0. The van der Waals surface area contributed by atoms with E-state index >= 15 is 0 Å². The number of carbonyl (C=O) groups excluding carboxylic acids is 1. The molecular formula is C20H20FNO3. The zero-order valence-electron chi connectivity index (χ0n) is 14.1. The van der Waals surface area contributed by atoms with E-state index in [0.717, 1.165) is 5.56 Å². The number of carbonyl (C=O) groups is 1. The Hall–Kier alpha value is -2.66. The number of para-hydroxylation sites is 1. The third-order valence-corrected chi connectivity index (χ3v) is 4.14. The maximum absolute atomic E-state index is 14.4. The Bertz CT molecular complexity index is 782. The predicted octanol–water partition coefficient (Wildman–Crippen LogP) is 3.57. The van der Waals surface area contributed by atoms with E-state index in [2.05, 4.69) is 0 Å². The molecule has 0 aromatic heterocycles. The second-order valence-corrected chi connectivity index (χ2v) is 5.71. The number of ketones is 1. The molecule has 2 aromatic rings. The Balaban J connectivity index is 1.76. The van der Waals surface area contributed by atoms with Crippen LogP contribution in [0.2, 0.25) is 0 Å². The van der Waals surface area contributed by atoms with Crippen LogP contribution in [0.15, 0.2) is 48.5 Å². The lowest BCUT2D eigenvalue weighted by Gasteiger charge is -2.29. The van der Waals surface area contributed by atoms with Gasteiger partial charge < -0.3 is 14.4 Å². The van der Waals surface area contributed by atoms with Gasteiger partial charge in [-0.05, 0) is 36.4 Å². The summed E-state index contributed by atoms with van der Waals surface area (Å²) in [5.74, 6) is 0.0390. The van der Waals surface area contributed by atoms with Crippen LogP contribution in [-0.2, 0) is 4.74 Å². The summed E-state index contributed by atoms with van der Waals surface area (Å²) in [5.41, 5.74) is 1.62. The van der Waals surface area contributed by atoms with E-state index in [-0.39, 0.29) is 5.78 Å². The van der Waals surface area contributed by atoms with Gasteiger partial charge in [0.05, 0.1) is 26.0 Å². The highest BCUT2D eigenvalue weighted by molar-refractivity contribution is 6.07. The SMILES string of the molecule is COc1ccccc1C=CC(=O)c1ccc(N2CCOCC2)c(F)c1. The number of morpholine rings is 1. The van der Waals surface area contributed by atoms with Gasteiger partial charge in [0, 0.05) is 24.2 Å². The zero-order chi connectivity index (χ0) is 17.6. The molecule has 130 valence electrons. The van der Waals surface area contributed by atoms with Gasteiger partial charge in [0.25, 0.3) is 0 Å². The largest absolute Gasteiger partial charge is 0.496 e. The van der Waals surface area contributed by atoms with Gasteiger partial charge in [-0.3, -0.25) is 4.79 Å². The standard InChI is InChI=1S/C20H20FNO3/c1-24-20-5-3-2-4-15(20)7-9-19(23)16-6-8-18(17(21)14-16)22-10-12-25-13-11-22/h2-9,14H,10-13H2,1H3. The van der Waals surface area contributed by atoms with Gasteiger partial charge in [-0.15, -0.1) is 0 Å². The molecule has 0 unspecified atom stereocenters. The van der Waals surface area contributed by atoms with Crippen molar-refractivity contribution >= 4 is 17.5 Å². The van der Waals surface area contributed by atoms with Crippen molar-refractivity contribution in [2.75, 3.05) is 38.3 Å². The van der Waals surface area contributed by atoms with Crippen molar-refractivity contribution in [1.82, 2.24) is 0 Å². The minimum Gasteiger partial charge on any atom is -0.496 e. The molecule has 0 N–H and O–H groups in total. The molecule has 3 rings (SSSR count). The van der Waals surface area contributed by atoms with E-state index in [1.807, 2.05) is 29.2 Å². The molecule has 1 fully saturated rings. The number of anilines is 1. The molecule has 0 aliphatic carbocycles. The van der Waals surface area contributed by atoms with E-state index in [9.17, 15) is 9.18 Å². The molecule has 1 aliphatic rings. The third-order valence-electron chi connectivity index (χ3n) is 4.14. The number of halogens is 1. The van der Waals surface area contributed by atoms with Crippen molar-refractivity contribution < 1.29 is 18.7 Å². The Kier molecular flexibility index (Phi) is 5.46. The number of hydrogen-bond acceptors (Lipinski definition) is 4. The molecule has 2 aromatic carbocycles. The Morgan fingerprint density at radius 3 is 2.68 bits per heavy atom. The predicted molar refractivity (Wildman–Crippen MR) is 95.8 cm³/mol. The van der Waals surface area contributed by atoms with Gasteiger partial charge in [0.1, 0.15) is 11.6 Å². The smallest absolute Gasteiger partial charge is 0.185 e. The van der Waals surface area contributed by atoms with Crippen LogP contribution in [0, 0.1) is 5.82 Å². The van der Waals surface area contributed by atoms with E-state index in [1.165, 1.54) is 12.1 Å². The number of methoxy groups -OCH3 is 1. The van der Waals surface area contributed by atoms with Gasteiger partial charge >= 0.3 is 0 Å². The highest BCUT2D eigenvalue weighted by Gasteiger charge is 2.16. The molecule has 5 heteroatoms. The zero-order valence-corrected chi connectivity index (χ0v) is 14.1. The summed E-state index contributed by atoms with van der Waals surface area (Å²) in [6.07, 6.45) is 3.11. The highest BCUT2D eigenvalue weighted by Crippen LogP contribution is 2.23. The Morgan fingerprint density at radius 2 is 1.96 bits per heavy atom. The Morgan fingerprint density at radius 1 is 1.20 bits per heavy atom. The summed E-state index contributed by atoms with van der Waals surface area (Å²) >= 11 is 0. The van der Waals surface area contributed by atoms with E-state index in [4.69, 9.17) is 9.47 Å². The van der Waals surface area contributed by atoms with Gasteiger partial charge in [-0.1, -0.05) is 18.2 Å². The van der Waals surface area contributed by atoms with Crippen LogP contribution in [0.3, 0.4) is 0 Å². The average molecular weight is 341 g/mol. The number of benzene rings is 2. The first kappa shape index (κ1) is 17.2. The fourth-order valence-corrected chi connectivity index (χ4v) is 2.79. The van der Waals surface area contributed by atoms with Crippen LogP contribution in [0.25, 0.3) is 6.08 Å². The average Bonchev–Trinajstić information content (AvgIpc) is 2.67. The van der Waals surface area contributed by atoms with Gasteiger partial charge in [-0.2, -0.15) is 0 Å². The second-order valence-electron chi connectivity index (χ2n) is 5.71. The maximum Gasteiger partial charge on any atom is 0.185 e. The van der Waals surface area contributed by atoms with Gasteiger partial charge in [-0.25, -0.2) is 4.39 Å². The monoisotopic (exact) mass is 341 g/mol. The van der Waals surface area contributed by atoms with Crippen LogP contribution < -0.4 is 9.64 Å². The first-order valence-electron chi connectivity index (χ1n) is 8.16. The maximum atomic E-state index is 14.4. The molecule has 0 spiro atoms. The molecule has 0 bridgehead atoms.